The van der Waals surface area contributed by atoms with E-state index in [0.29, 0.717) is 27.8 Å². The molecule has 7 heteroatoms. The minimum atomic E-state index is -0.152. The van der Waals surface area contributed by atoms with Gasteiger partial charge in [0.25, 0.3) is 0 Å². The van der Waals surface area contributed by atoms with Crippen LogP contribution >= 0.6 is 27.3 Å². The lowest BCUT2D eigenvalue weighted by Gasteiger charge is -2.18. The number of rotatable bonds is 6. The zero-order valence-electron chi connectivity index (χ0n) is 15.3. The molecule has 0 fully saturated rings. The molecule has 0 unspecified atom stereocenters. The van der Waals surface area contributed by atoms with E-state index in [1.54, 1.807) is 55.0 Å². The quantitative estimate of drug-likeness (QED) is 0.363. The summed E-state index contributed by atoms with van der Waals surface area (Å²) < 4.78 is 6.07. The summed E-state index contributed by atoms with van der Waals surface area (Å²) in [5.41, 5.74) is 1.91. The van der Waals surface area contributed by atoms with Gasteiger partial charge in [0.2, 0.25) is 5.91 Å². The highest BCUT2D eigenvalue weighted by Gasteiger charge is 2.17. The first-order valence-corrected chi connectivity index (χ1v) is 10.0. The Morgan fingerprint density at radius 3 is 2.39 bits per heavy atom. The van der Waals surface area contributed by atoms with Crippen LogP contribution in [0, 0.1) is 0 Å². The molecule has 0 N–H and O–H groups in total. The number of benzene rings is 2. The van der Waals surface area contributed by atoms with Gasteiger partial charge in [-0.3, -0.25) is 14.5 Å². The van der Waals surface area contributed by atoms with Crippen molar-refractivity contribution in [2.45, 2.75) is 6.92 Å². The summed E-state index contributed by atoms with van der Waals surface area (Å²) in [4.78, 5) is 30.4. The van der Waals surface area contributed by atoms with E-state index >= 15 is 0 Å². The number of ketones is 1. The monoisotopic (exact) mass is 456 g/mol. The van der Waals surface area contributed by atoms with Crippen LogP contribution < -0.4 is 9.64 Å². The zero-order valence-corrected chi connectivity index (χ0v) is 17.7. The van der Waals surface area contributed by atoms with Gasteiger partial charge < -0.3 is 4.74 Å². The van der Waals surface area contributed by atoms with Crippen LogP contribution in [0.1, 0.15) is 23.0 Å². The molecule has 0 aliphatic rings. The van der Waals surface area contributed by atoms with Crippen molar-refractivity contribution in [2.75, 3.05) is 12.0 Å². The fourth-order valence-electron chi connectivity index (χ4n) is 2.49. The van der Waals surface area contributed by atoms with Crippen LogP contribution in [0.3, 0.4) is 0 Å². The number of nitrogens with zero attached hydrogens (tertiary/aromatic N) is 2. The number of carbonyl (C=O) groups is 2. The number of halogens is 1. The van der Waals surface area contributed by atoms with E-state index in [4.69, 9.17) is 4.74 Å². The number of hydrogen-bond acceptors (Lipinski definition) is 5. The molecule has 0 aliphatic carbocycles. The highest BCUT2D eigenvalue weighted by molar-refractivity contribution is 9.10. The van der Waals surface area contributed by atoms with Crippen molar-refractivity contribution in [3.8, 4) is 5.75 Å². The third-order valence-corrected chi connectivity index (χ3v) is 5.25. The zero-order chi connectivity index (χ0) is 20.1. The predicted molar refractivity (Wildman–Crippen MR) is 115 cm³/mol. The first kappa shape index (κ1) is 20.0. The lowest BCUT2D eigenvalue weighted by atomic mass is 10.1. The summed E-state index contributed by atoms with van der Waals surface area (Å²) in [6.07, 6.45) is 3.13. The summed E-state index contributed by atoms with van der Waals surface area (Å²) in [5.74, 6) is 0.447. The van der Waals surface area contributed by atoms with Crippen LogP contribution in [0.2, 0.25) is 0 Å². The number of allylic oxidation sites excluding steroid dienone is 1. The molecule has 2 aromatic carbocycles. The molecule has 0 saturated carbocycles. The number of amides is 1. The molecule has 28 heavy (non-hydrogen) atoms. The highest BCUT2D eigenvalue weighted by Crippen LogP contribution is 2.30. The highest BCUT2D eigenvalue weighted by atomic mass is 79.9. The first-order chi connectivity index (χ1) is 13.5. The Labute approximate surface area is 175 Å². The van der Waals surface area contributed by atoms with E-state index in [9.17, 15) is 9.59 Å². The third-order valence-electron chi connectivity index (χ3n) is 3.88. The number of aromatic nitrogens is 1. The van der Waals surface area contributed by atoms with Gasteiger partial charge in [0.05, 0.1) is 18.5 Å². The van der Waals surface area contributed by atoms with Crippen molar-refractivity contribution in [1.29, 1.82) is 0 Å². The SMILES string of the molecule is COc1ccc(N(C(C)=O)c2nc(C=CC(=O)c3ccc(Br)cc3)cs2)cc1. The molecular weight excluding hydrogens is 440 g/mol. The van der Waals surface area contributed by atoms with Crippen molar-refractivity contribution in [3.63, 3.8) is 0 Å². The van der Waals surface area contributed by atoms with E-state index in [0.717, 1.165) is 4.47 Å². The number of carbonyl (C=O) groups excluding carboxylic acids is 2. The summed E-state index contributed by atoms with van der Waals surface area (Å²) in [5, 5.41) is 2.34. The topological polar surface area (TPSA) is 59.5 Å². The van der Waals surface area contributed by atoms with Crippen LogP contribution in [0.25, 0.3) is 6.08 Å². The second-order valence-corrected chi connectivity index (χ2v) is 7.56. The number of anilines is 2. The molecule has 0 saturated heterocycles. The van der Waals surface area contributed by atoms with Crippen LogP contribution in [0.15, 0.2) is 64.5 Å². The summed E-state index contributed by atoms with van der Waals surface area (Å²) in [6.45, 7) is 1.48. The number of methoxy groups -OCH3 is 1. The molecule has 0 spiro atoms. The molecule has 5 nitrogen and oxygen atoms in total. The maximum atomic E-state index is 12.3. The molecule has 0 radical (unpaired) electrons. The van der Waals surface area contributed by atoms with Gasteiger partial charge in [0.15, 0.2) is 10.9 Å². The van der Waals surface area contributed by atoms with Gasteiger partial charge in [0.1, 0.15) is 5.75 Å². The molecular formula is C21H17BrN2O3S. The smallest absolute Gasteiger partial charge is 0.230 e. The molecule has 0 bridgehead atoms. The Balaban J connectivity index is 1.79. The minimum absolute atomic E-state index is 0.111. The van der Waals surface area contributed by atoms with E-state index in [2.05, 4.69) is 20.9 Å². The van der Waals surface area contributed by atoms with Gasteiger partial charge in [-0.2, -0.15) is 0 Å². The van der Waals surface area contributed by atoms with Crippen LogP contribution in [0.4, 0.5) is 10.8 Å². The van der Waals surface area contributed by atoms with Crippen molar-refractivity contribution in [3.05, 3.63) is 75.7 Å². The summed E-state index contributed by atoms with van der Waals surface area (Å²) in [6, 6.07) is 14.3. The summed E-state index contributed by atoms with van der Waals surface area (Å²) >= 11 is 4.68. The molecule has 1 aromatic heterocycles. The predicted octanol–water partition coefficient (Wildman–Crippen LogP) is 5.49. The van der Waals surface area contributed by atoms with Gasteiger partial charge in [-0.15, -0.1) is 11.3 Å². The van der Waals surface area contributed by atoms with Crippen molar-refractivity contribution in [1.82, 2.24) is 4.98 Å². The molecule has 0 aliphatic heterocycles. The van der Waals surface area contributed by atoms with E-state index in [1.165, 1.54) is 29.2 Å². The van der Waals surface area contributed by atoms with Crippen LogP contribution in [-0.2, 0) is 4.79 Å². The lowest BCUT2D eigenvalue weighted by Crippen LogP contribution is -2.22. The van der Waals surface area contributed by atoms with Crippen LogP contribution in [0.5, 0.6) is 5.75 Å². The second-order valence-electron chi connectivity index (χ2n) is 5.81. The first-order valence-electron chi connectivity index (χ1n) is 8.36. The third kappa shape index (κ3) is 4.74. The van der Waals surface area contributed by atoms with Gasteiger partial charge in [0, 0.05) is 22.3 Å². The Morgan fingerprint density at radius 2 is 1.79 bits per heavy atom. The van der Waals surface area contributed by atoms with Gasteiger partial charge >= 0.3 is 0 Å². The standard InChI is InChI=1S/C21H17BrN2O3S/c1-14(25)24(18-8-10-19(27-2)11-9-18)21-23-17(13-28-21)7-12-20(26)15-3-5-16(22)6-4-15/h3-13H,1-2H3. The summed E-state index contributed by atoms with van der Waals surface area (Å²) in [7, 11) is 1.59. The number of ether oxygens (including phenoxy) is 1. The average Bonchev–Trinajstić information content (AvgIpc) is 3.15. The second kappa shape index (κ2) is 8.95. The van der Waals surface area contributed by atoms with Gasteiger partial charge in [-0.25, -0.2) is 4.98 Å². The van der Waals surface area contributed by atoms with Crippen molar-refractivity contribution < 1.29 is 14.3 Å². The van der Waals surface area contributed by atoms with E-state index < -0.39 is 0 Å². The Hall–Kier alpha value is -2.77. The van der Waals surface area contributed by atoms with Crippen LogP contribution in [-0.4, -0.2) is 23.8 Å². The van der Waals surface area contributed by atoms with Crippen molar-refractivity contribution >= 4 is 55.9 Å². The molecule has 1 heterocycles. The number of thiazole rings is 1. The van der Waals surface area contributed by atoms with E-state index in [1.807, 2.05) is 12.1 Å². The van der Waals surface area contributed by atoms with E-state index in [-0.39, 0.29) is 11.7 Å². The minimum Gasteiger partial charge on any atom is -0.497 e. The van der Waals surface area contributed by atoms with Crippen molar-refractivity contribution in [2.24, 2.45) is 0 Å². The fourth-order valence-corrected chi connectivity index (χ4v) is 3.60. The lowest BCUT2D eigenvalue weighted by molar-refractivity contribution is -0.115. The molecule has 3 aromatic rings. The molecule has 0 atom stereocenters. The Morgan fingerprint density at radius 1 is 1.11 bits per heavy atom. The normalized spacial score (nSPS) is 10.8. The number of hydrogen-bond donors (Lipinski definition) is 0. The fraction of sp³-hybridized carbons (Fsp3) is 0.0952. The maximum Gasteiger partial charge on any atom is 0.230 e. The Bertz CT molecular complexity index is 1010. The molecule has 142 valence electrons. The Kier molecular flexibility index (Phi) is 6.38. The maximum absolute atomic E-state index is 12.3. The van der Waals surface area contributed by atoms with Gasteiger partial charge in [-0.1, -0.05) is 15.9 Å². The largest absolute Gasteiger partial charge is 0.497 e. The molecule has 3 rings (SSSR count). The van der Waals surface area contributed by atoms with Gasteiger partial charge in [-0.05, 0) is 60.7 Å². The molecule has 1 amide bonds. The average molecular weight is 457 g/mol.